The molecule has 26 heavy (non-hydrogen) atoms. The van der Waals surface area contributed by atoms with E-state index in [1.165, 1.54) is 14.2 Å². The number of carbonyl (C=O) groups excluding carboxylic acids is 4. The molecule has 0 aromatic heterocycles. The first kappa shape index (κ1) is 18.2. The maximum atomic E-state index is 12.5. The average molecular weight is 365 g/mol. The molecule has 9 nitrogen and oxygen atoms in total. The zero-order valence-electron chi connectivity index (χ0n) is 14.9. The molecule has 2 heterocycles. The zero-order valence-corrected chi connectivity index (χ0v) is 14.9. The molecule has 0 aromatic rings. The number of hydrogen-bond acceptors (Lipinski definition) is 7. The summed E-state index contributed by atoms with van der Waals surface area (Å²) in [5.74, 6) is -2.16. The van der Waals surface area contributed by atoms with E-state index in [-0.39, 0.29) is 36.2 Å². The molecule has 1 saturated carbocycles. The Kier molecular flexibility index (Phi) is 5.15. The number of nitrogens with zero attached hydrogens (tertiary/aromatic N) is 2. The van der Waals surface area contributed by atoms with E-state index in [0.29, 0.717) is 0 Å². The van der Waals surface area contributed by atoms with Crippen LogP contribution in [0, 0.1) is 0 Å². The zero-order chi connectivity index (χ0) is 18.8. The molecular formula is C17H23N3O6. The summed E-state index contributed by atoms with van der Waals surface area (Å²) in [6.07, 6.45) is 4.99. The SMILES string of the molecule is COC(=O)C1=C(NC2CCCCC2)N2C(=O)CCC(=O)N2C1C(=O)OC. The van der Waals surface area contributed by atoms with Gasteiger partial charge in [-0.3, -0.25) is 9.59 Å². The van der Waals surface area contributed by atoms with E-state index < -0.39 is 23.9 Å². The summed E-state index contributed by atoms with van der Waals surface area (Å²) in [6, 6.07) is -1.27. The second-order valence-corrected chi connectivity index (χ2v) is 6.60. The quantitative estimate of drug-likeness (QED) is 0.710. The van der Waals surface area contributed by atoms with Crippen molar-refractivity contribution in [2.75, 3.05) is 14.2 Å². The van der Waals surface area contributed by atoms with Crippen molar-refractivity contribution in [1.29, 1.82) is 0 Å². The van der Waals surface area contributed by atoms with E-state index >= 15 is 0 Å². The Morgan fingerprint density at radius 1 is 1.00 bits per heavy atom. The predicted molar refractivity (Wildman–Crippen MR) is 87.8 cm³/mol. The number of hydrazine groups is 1. The van der Waals surface area contributed by atoms with Crippen LogP contribution in [0.3, 0.4) is 0 Å². The fraction of sp³-hybridized carbons (Fsp3) is 0.647. The van der Waals surface area contributed by atoms with Gasteiger partial charge in [0, 0.05) is 18.9 Å². The first-order valence-corrected chi connectivity index (χ1v) is 8.81. The molecule has 2 aliphatic heterocycles. The van der Waals surface area contributed by atoms with E-state index in [1.807, 2.05) is 0 Å². The van der Waals surface area contributed by atoms with E-state index in [2.05, 4.69) is 5.32 Å². The van der Waals surface area contributed by atoms with Crippen LogP contribution in [-0.4, -0.2) is 60.1 Å². The fourth-order valence-corrected chi connectivity index (χ4v) is 3.75. The third kappa shape index (κ3) is 3.02. The van der Waals surface area contributed by atoms with Crippen molar-refractivity contribution >= 4 is 23.8 Å². The summed E-state index contributed by atoms with van der Waals surface area (Å²) in [5, 5.41) is 5.37. The second kappa shape index (κ2) is 7.35. The number of fused-ring (bicyclic) bond motifs is 1. The summed E-state index contributed by atoms with van der Waals surface area (Å²) in [6.45, 7) is 0. The monoisotopic (exact) mass is 365 g/mol. The minimum absolute atomic E-state index is 0.0199. The van der Waals surface area contributed by atoms with Gasteiger partial charge >= 0.3 is 11.9 Å². The van der Waals surface area contributed by atoms with Gasteiger partial charge in [-0.15, -0.1) is 0 Å². The Morgan fingerprint density at radius 2 is 1.65 bits per heavy atom. The van der Waals surface area contributed by atoms with Crippen molar-refractivity contribution in [3.05, 3.63) is 11.4 Å². The van der Waals surface area contributed by atoms with Crippen molar-refractivity contribution in [2.24, 2.45) is 0 Å². The number of nitrogens with one attached hydrogen (secondary N) is 1. The Balaban J connectivity index is 2.07. The minimum atomic E-state index is -1.32. The number of hydrogen-bond donors (Lipinski definition) is 1. The molecule has 1 saturated heterocycles. The van der Waals surface area contributed by atoms with E-state index in [9.17, 15) is 19.2 Å². The first-order chi connectivity index (χ1) is 12.5. The number of esters is 2. The summed E-state index contributed by atoms with van der Waals surface area (Å²) in [4.78, 5) is 49.8. The Labute approximate surface area is 151 Å². The molecule has 142 valence electrons. The average Bonchev–Trinajstić information content (AvgIpc) is 3.00. The number of methoxy groups -OCH3 is 2. The van der Waals surface area contributed by atoms with E-state index in [1.54, 1.807) is 0 Å². The number of carbonyl (C=O) groups is 4. The summed E-state index contributed by atoms with van der Waals surface area (Å²) in [5.41, 5.74) is -0.0616. The van der Waals surface area contributed by atoms with Gasteiger partial charge in [0.25, 0.3) is 0 Å². The van der Waals surface area contributed by atoms with Crippen LogP contribution >= 0.6 is 0 Å². The molecule has 2 fully saturated rings. The Hall–Kier alpha value is -2.58. The lowest BCUT2D eigenvalue weighted by Gasteiger charge is -2.37. The Morgan fingerprint density at radius 3 is 2.27 bits per heavy atom. The first-order valence-electron chi connectivity index (χ1n) is 8.81. The van der Waals surface area contributed by atoms with E-state index in [0.717, 1.165) is 42.1 Å². The molecule has 0 spiro atoms. The maximum absolute atomic E-state index is 12.5. The fourth-order valence-electron chi connectivity index (χ4n) is 3.75. The van der Waals surface area contributed by atoms with Gasteiger partial charge in [0.2, 0.25) is 11.8 Å². The number of rotatable bonds is 4. The van der Waals surface area contributed by atoms with E-state index in [4.69, 9.17) is 9.47 Å². The van der Waals surface area contributed by atoms with Crippen LogP contribution in [0.15, 0.2) is 11.4 Å². The topological polar surface area (TPSA) is 105 Å². The van der Waals surface area contributed by atoms with Gasteiger partial charge in [-0.1, -0.05) is 19.3 Å². The van der Waals surface area contributed by atoms with Crippen LogP contribution in [-0.2, 0) is 28.7 Å². The lowest BCUT2D eigenvalue weighted by atomic mass is 9.95. The Bertz CT molecular complexity index is 667. The highest BCUT2D eigenvalue weighted by molar-refractivity contribution is 6.04. The third-order valence-corrected chi connectivity index (χ3v) is 5.02. The van der Waals surface area contributed by atoms with Crippen molar-refractivity contribution < 1.29 is 28.7 Å². The van der Waals surface area contributed by atoms with Gasteiger partial charge in [-0.05, 0) is 12.8 Å². The molecule has 0 radical (unpaired) electrons. The van der Waals surface area contributed by atoms with Crippen molar-refractivity contribution in [3.63, 3.8) is 0 Å². The third-order valence-electron chi connectivity index (χ3n) is 5.02. The van der Waals surface area contributed by atoms with Gasteiger partial charge in [-0.25, -0.2) is 19.6 Å². The van der Waals surface area contributed by atoms with Crippen LogP contribution < -0.4 is 5.32 Å². The highest BCUT2D eigenvalue weighted by Gasteiger charge is 2.53. The minimum Gasteiger partial charge on any atom is -0.467 e. The van der Waals surface area contributed by atoms with Crippen LogP contribution in [0.1, 0.15) is 44.9 Å². The predicted octanol–water partition coefficient (Wildman–Crippen LogP) is 0.215. The largest absolute Gasteiger partial charge is 0.467 e. The lowest BCUT2D eigenvalue weighted by Crippen LogP contribution is -2.56. The standard InChI is InChI=1S/C17H23N3O6/c1-25-16(23)13-14(17(24)26-2)19-11(21)8-9-12(22)20(19)15(13)18-10-6-4-3-5-7-10/h10,14,18H,3-9H2,1-2H3. The molecule has 0 bridgehead atoms. The van der Waals surface area contributed by atoms with Gasteiger partial charge in [-0.2, -0.15) is 0 Å². The van der Waals surface area contributed by atoms with Crippen molar-refractivity contribution in [1.82, 2.24) is 15.3 Å². The van der Waals surface area contributed by atoms with Crippen molar-refractivity contribution in [3.8, 4) is 0 Å². The van der Waals surface area contributed by atoms with Crippen LogP contribution in [0.25, 0.3) is 0 Å². The molecule has 1 unspecified atom stereocenters. The molecule has 9 heteroatoms. The molecule has 1 atom stereocenters. The van der Waals surface area contributed by atoms with Crippen LogP contribution in [0.5, 0.6) is 0 Å². The molecule has 0 aromatic carbocycles. The van der Waals surface area contributed by atoms with Crippen LogP contribution in [0.4, 0.5) is 0 Å². The number of amides is 2. The summed E-state index contributed by atoms with van der Waals surface area (Å²) < 4.78 is 9.62. The van der Waals surface area contributed by atoms with Gasteiger partial charge in [0.1, 0.15) is 11.4 Å². The smallest absolute Gasteiger partial charge is 0.340 e. The van der Waals surface area contributed by atoms with Gasteiger partial charge in [0.05, 0.1) is 14.2 Å². The molecule has 3 aliphatic rings. The summed E-state index contributed by atoms with van der Waals surface area (Å²) >= 11 is 0. The molecule has 3 rings (SSSR count). The molecular weight excluding hydrogens is 342 g/mol. The molecule has 1 N–H and O–H groups in total. The lowest BCUT2D eigenvalue weighted by molar-refractivity contribution is -0.173. The molecule has 2 amide bonds. The second-order valence-electron chi connectivity index (χ2n) is 6.60. The van der Waals surface area contributed by atoms with Gasteiger partial charge < -0.3 is 14.8 Å². The molecule has 1 aliphatic carbocycles. The van der Waals surface area contributed by atoms with Crippen molar-refractivity contribution in [2.45, 2.75) is 57.0 Å². The highest BCUT2D eigenvalue weighted by Crippen LogP contribution is 2.35. The number of ether oxygens (including phenoxy) is 2. The maximum Gasteiger partial charge on any atom is 0.340 e. The van der Waals surface area contributed by atoms with Crippen LogP contribution in [0.2, 0.25) is 0 Å². The van der Waals surface area contributed by atoms with Gasteiger partial charge in [0.15, 0.2) is 6.04 Å². The normalized spacial score (nSPS) is 23.8. The summed E-state index contributed by atoms with van der Waals surface area (Å²) in [7, 11) is 2.36. The highest BCUT2D eigenvalue weighted by atomic mass is 16.5.